The van der Waals surface area contributed by atoms with Gasteiger partial charge in [-0.05, 0) is 29.1 Å². The van der Waals surface area contributed by atoms with Crippen molar-refractivity contribution in [2.75, 3.05) is 7.11 Å². The Balaban J connectivity index is 1.64. The summed E-state index contributed by atoms with van der Waals surface area (Å²) >= 11 is 3.07. The summed E-state index contributed by atoms with van der Waals surface area (Å²) in [7, 11) is 3.52. The molecule has 3 aromatic heterocycles. The fourth-order valence-corrected chi connectivity index (χ4v) is 4.39. The largest absolute Gasteiger partial charge is 0.497 e. The Morgan fingerprint density at radius 3 is 2.89 bits per heavy atom. The molecule has 0 fully saturated rings. The smallest absolute Gasteiger partial charge is 0.271 e. The van der Waals surface area contributed by atoms with Gasteiger partial charge < -0.3 is 14.6 Å². The van der Waals surface area contributed by atoms with Crippen molar-refractivity contribution in [3.8, 4) is 16.3 Å². The average molecular weight is 411 g/mol. The van der Waals surface area contributed by atoms with Crippen molar-refractivity contribution in [1.29, 1.82) is 0 Å². The van der Waals surface area contributed by atoms with Gasteiger partial charge in [-0.25, -0.2) is 9.97 Å². The zero-order valence-corrected chi connectivity index (χ0v) is 17.0. The molecule has 0 aliphatic heterocycles. The topological polar surface area (TPSA) is 69.0 Å². The molecule has 1 amide bonds. The van der Waals surface area contributed by atoms with Crippen LogP contribution in [0.25, 0.3) is 10.6 Å². The maximum absolute atomic E-state index is 12.9. The van der Waals surface area contributed by atoms with Gasteiger partial charge in [-0.2, -0.15) is 11.3 Å². The molecule has 1 unspecified atom stereocenters. The zero-order valence-electron chi connectivity index (χ0n) is 15.3. The number of carbonyl (C=O) groups is 1. The Kier molecular flexibility index (Phi) is 5.23. The summed E-state index contributed by atoms with van der Waals surface area (Å²) < 4.78 is 7.23. The van der Waals surface area contributed by atoms with Crippen molar-refractivity contribution >= 4 is 28.6 Å². The minimum absolute atomic E-state index is 0.242. The number of rotatable bonds is 6. The van der Waals surface area contributed by atoms with Crippen LogP contribution >= 0.6 is 22.7 Å². The Morgan fingerprint density at radius 2 is 2.18 bits per heavy atom. The van der Waals surface area contributed by atoms with Crippen LogP contribution in [0.4, 0.5) is 0 Å². The van der Waals surface area contributed by atoms with Crippen molar-refractivity contribution < 1.29 is 9.53 Å². The van der Waals surface area contributed by atoms with Gasteiger partial charge in [-0.1, -0.05) is 12.1 Å². The third kappa shape index (κ3) is 3.69. The van der Waals surface area contributed by atoms with E-state index in [1.807, 2.05) is 58.9 Å². The van der Waals surface area contributed by atoms with E-state index in [-0.39, 0.29) is 5.91 Å². The Hall–Kier alpha value is -2.97. The van der Waals surface area contributed by atoms with Gasteiger partial charge >= 0.3 is 0 Å². The van der Waals surface area contributed by atoms with E-state index < -0.39 is 6.04 Å². The molecule has 0 aliphatic carbocycles. The maximum Gasteiger partial charge on any atom is 0.271 e. The molecular formula is C20H18N4O2S2. The second-order valence-corrected chi connectivity index (χ2v) is 7.77. The molecule has 0 aliphatic rings. The van der Waals surface area contributed by atoms with E-state index in [1.165, 1.54) is 11.3 Å². The minimum atomic E-state index is -0.422. The number of aryl methyl sites for hydroxylation is 1. The number of methoxy groups -OCH3 is 1. The highest BCUT2D eigenvalue weighted by Gasteiger charge is 2.23. The number of imidazole rings is 1. The van der Waals surface area contributed by atoms with Crippen molar-refractivity contribution in [2.24, 2.45) is 7.05 Å². The molecular weight excluding hydrogens is 392 g/mol. The standard InChI is InChI=1S/C20H18N4O2S2/c1-24-8-7-21-18(24)17(13-4-3-5-15(10-13)26-2)23-19(25)16-12-28-20(22-16)14-6-9-27-11-14/h3-12,17H,1-2H3,(H,23,25). The molecule has 1 aromatic carbocycles. The number of hydrogen-bond acceptors (Lipinski definition) is 6. The highest BCUT2D eigenvalue weighted by molar-refractivity contribution is 7.14. The molecule has 0 spiro atoms. The molecule has 6 nitrogen and oxygen atoms in total. The van der Waals surface area contributed by atoms with Crippen LogP contribution in [-0.4, -0.2) is 27.6 Å². The predicted molar refractivity (Wildman–Crippen MR) is 111 cm³/mol. The normalized spacial score (nSPS) is 11.9. The first kappa shape index (κ1) is 18.4. The lowest BCUT2D eigenvalue weighted by Gasteiger charge is -2.19. The molecule has 0 saturated carbocycles. The summed E-state index contributed by atoms with van der Waals surface area (Å²) in [5, 5.41) is 9.71. The number of amides is 1. The number of nitrogens with zero attached hydrogens (tertiary/aromatic N) is 3. The van der Waals surface area contributed by atoms with Gasteiger partial charge in [-0.3, -0.25) is 4.79 Å². The average Bonchev–Trinajstić information content (AvgIpc) is 3.47. The van der Waals surface area contributed by atoms with Crippen LogP contribution in [0.5, 0.6) is 5.75 Å². The minimum Gasteiger partial charge on any atom is -0.497 e. The second kappa shape index (κ2) is 7.95. The van der Waals surface area contributed by atoms with Gasteiger partial charge in [0.15, 0.2) is 0 Å². The summed E-state index contributed by atoms with van der Waals surface area (Å²) in [4.78, 5) is 21.9. The number of nitrogens with one attached hydrogen (secondary N) is 1. The fraction of sp³-hybridized carbons (Fsp3) is 0.150. The van der Waals surface area contributed by atoms with E-state index in [1.54, 1.807) is 30.0 Å². The van der Waals surface area contributed by atoms with Gasteiger partial charge in [0.25, 0.3) is 5.91 Å². The van der Waals surface area contributed by atoms with E-state index in [2.05, 4.69) is 15.3 Å². The van der Waals surface area contributed by atoms with E-state index in [0.29, 0.717) is 5.69 Å². The van der Waals surface area contributed by atoms with E-state index in [4.69, 9.17) is 4.74 Å². The molecule has 4 aromatic rings. The Bertz CT molecular complexity index is 1090. The van der Waals surface area contributed by atoms with Crippen molar-refractivity contribution in [3.63, 3.8) is 0 Å². The van der Waals surface area contributed by atoms with Crippen LogP contribution in [0.2, 0.25) is 0 Å². The van der Waals surface area contributed by atoms with Gasteiger partial charge in [0.2, 0.25) is 0 Å². The van der Waals surface area contributed by atoms with Crippen LogP contribution in [0.1, 0.15) is 27.9 Å². The Labute approximate surface area is 170 Å². The Morgan fingerprint density at radius 1 is 1.29 bits per heavy atom. The molecule has 142 valence electrons. The van der Waals surface area contributed by atoms with Gasteiger partial charge in [0.05, 0.1) is 7.11 Å². The summed E-state index contributed by atoms with van der Waals surface area (Å²) in [6, 6.07) is 9.19. The zero-order chi connectivity index (χ0) is 19.5. The number of aromatic nitrogens is 3. The molecule has 3 heterocycles. The highest BCUT2D eigenvalue weighted by Crippen LogP contribution is 2.27. The first-order valence-electron chi connectivity index (χ1n) is 8.56. The number of benzene rings is 1. The molecule has 0 bridgehead atoms. The van der Waals surface area contributed by atoms with E-state index >= 15 is 0 Å². The molecule has 0 radical (unpaired) electrons. The lowest BCUT2D eigenvalue weighted by molar-refractivity contribution is 0.0937. The quantitative estimate of drug-likeness (QED) is 0.519. The number of thiophene rings is 1. The van der Waals surface area contributed by atoms with Crippen LogP contribution in [-0.2, 0) is 7.05 Å². The predicted octanol–water partition coefficient (Wildman–Crippen LogP) is 4.13. The summed E-state index contributed by atoms with van der Waals surface area (Å²) in [6.07, 6.45) is 3.57. The number of thiazole rings is 1. The summed E-state index contributed by atoms with van der Waals surface area (Å²) in [6.45, 7) is 0. The first-order chi connectivity index (χ1) is 13.7. The maximum atomic E-state index is 12.9. The van der Waals surface area contributed by atoms with Crippen molar-refractivity contribution in [3.05, 3.63) is 75.9 Å². The van der Waals surface area contributed by atoms with E-state index in [0.717, 1.165) is 27.7 Å². The number of hydrogen-bond donors (Lipinski definition) is 1. The highest BCUT2D eigenvalue weighted by atomic mass is 32.1. The SMILES string of the molecule is COc1cccc(C(NC(=O)c2csc(-c3ccsc3)n2)c2nccn2C)c1. The van der Waals surface area contributed by atoms with Crippen LogP contribution < -0.4 is 10.1 Å². The number of ether oxygens (including phenoxy) is 1. The van der Waals surface area contributed by atoms with Crippen LogP contribution in [0.3, 0.4) is 0 Å². The molecule has 1 atom stereocenters. The summed E-state index contributed by atoms with van der Waals surface area (Å²) in [5.41, 5.74) is 2.31. The second-order valence-electron chi connectivity index (χ2n) is 6.13. The number of carbonyl (C=O) groups excluding carboxylic acids is 1. The van der Waals surface area contributed by atoms with Gasteiger partial charge in [0.1, 0.15) is 28.3 Å². The molecule has 4 rings (SSSR count). The summed E-state index contributed by atoms with van der Waals surface area (Å²) in [5.74, 6) is 1.21. The lowest BCUT2D eigenvalue weighted by atomic mass is 10.1. The monoisotopic (exact) mass is 410 g/mol. The van der Waals surface area contributed by atoms with Crippen molar-refractivity contribution in [2.45, 2.75) is 6.04 Å². The fourth-order valence-electron chi connectivity index (χ4n) is 2.88. The molecule has 1 N–H and O–H groups in total. The molecule has 0 saturated heterocycles. The van der Waals surface area contributed by atoms with Crippen LogP contribution in [0.15, 0.2) is 58.9 Å². The lowest BCUT2D eigenvalue weighted by Crippen LogP contribution is -2.31. The van der Waals surface area contributed by atoms with Gasteiger partial charge in [0, 0.05) is 35.8 Å². The molecule has 28 heavy (non-hydrogen) atoms. The van der Waals surface area contributed by atoms with E-state index in [9.17, 15) is 4.79 Å². The molecule has 8 heteroatoms. The third-order valence-corrected chi connectivity index (χ3v) is 5.90. The van der Waals surface area contributed by atoms with Crippen molar-refractivity contribution in [1.82, 2.24) is 19.9 Å². The van der Waals surface area contributed by atoms with Crippen LogP contribution in [0, 0.1) is 0 Å². The van der Waals surface area contributed by atoms with Gasteiger partial charge in [-0.15, -0.1) is 11.3 Å². The first-order valence-corrected chi connectivity index (χ1v) is 10.4. The third-order valence-electron chi connectivity index (χ3n) is 4.32.